The fourth-order valence-corrected chi connectivity index (χ4v) is 1.96. The first-order valence-corrected chi connectivity index (χ1v) is 5.95. The second-order valence-electron chi connectivity index (χ2n) is 4.12. The first-order valence-electron chi connectivity index (χ1n) is 5.95. The number of carbonyl (C=O) groups excluding carboxylic acids is 1. The summed E-state index contributed by atoms with van der Waals surface area (Å²) in [6.07, 6.45) is 1.39. The molecule has 0 atom stereocenters. The summed E-state index contributed by atoms with van der Waals surface area (Å²) in [7, 11) is 1.53. The quantitative estimate of drug-likeness (QED) is 0.858. The summed E-state index contributed by atoms with van der Waals surface area (Å²) in [5.74, 6) is -0.0392. The molecule has 0 saturated carbocycles. The first-order chi connectivity index (χ1) is 9.08. The lowest BCUT2D eigenvalue weighted by molar-refractivity contribution is 0.0524. The maximum absolute atomic E-state index is 12.3. The molecule has 5 nitrogen and oxygen atoms in total. The third kappa shape index (κ3) is 2.31. The van der Waals surface area contributed by atoms with Crippen LogP contribution in [0.25, 0.3) is 10.9 Å². The molecule has 0 aliphatic carbocycles. The number of rotatable bonds is 3. The van der Waals surface area contributed by atoms with Crippen LogP contribution in [0.4, 0.5) is 0 Å². The van der Waals surface area contributed by atoms with Gasteiger partial charge in [0, 0.05) is 6.20 Å². The van der Waals surface area contributed by atoms with Crippen molar-refractivity contribution < 1.29 is 14.3 Å². The largest absolute Gasteiger partial charge is 0.497 e. The Bertz CT molecular complexity index is 688. The van der Waals surface area contributed by atoms with Gasteiger partial charge in [-0.05, 0) is 31.5 Å². The van der Waals surface area contributed by atoms with Crippen LogP contribution < -0.4 is 10.2 Å². The van der Waals surface area contributed by atoms with E-state index in [0.717, 1.165) is 5.56 Å². The van der Waals surface area contributed by atoms with Gasteiger partial charge in [0.15, 0.2) is 0 Å². The first kappa shape index (κ1) is 13.1. The third-order valence-corrected chi connectivity index (χ3v) is 2.89. The smallest absolute Gasteiger partial charge is 0.343 e. The molecule has 2 rings (SSSR count). The van der Waals surface area contributed by atoms with Crippen LogP contribution in [-0.2, 0) is 4.74 Å². The van der Waals surface area contributed by atoms with E-state index >= 15 is 0 Å². The highest BCUT2D eigenvalue weighted by Crippen LogP contribution is 2.21. The highest BCUT2D eigenvalue weighted by atomic mass is 16.5. The standard InChI is InChI=1S/C14H15NO4/c1-4-19-14(17)11-7-15-12-8(2)5-9(18-3)6-10(12)13(11)16/h5-7H,4H2,1-3H3,(H,15,16). The zero-order chi connectivity index (χ0) is 14.0. The molecule has 0 saturated heterocycles. The predicted octanol–water partition coefficient (Wildman–Crippen LogP) is 2.02. The van der Waals surface area contributed by atoms with Gasteiger partial charge in [0.1, 0.15) is 11.3 Å². The topological polar surface area (TPSA) is 68.4 Å². The summed E-state index contributed by atoms with van der Waals surface area (Å²) >= 11 is 0. The number of hydrogen-bond acceptors (Lipinski definition) is 4. The number of aromatic amines is 1. The molecule has 0 aliphatic rings. The van der Waals surface area contributed by atoms with Crippen LogP contribution in [0.3, 0.4) is 0 Å². The lowest BCUT2D eigenvalue weighted by atomic mass is 10.1. The maximum atomic E-state index is 12.3. The van der Waals surface area contributed by atoms with Crippen molar-refractivity contribution in [1.29, 1.82) is 0 Å². The van der Waals surface area contributed by atoms with E-state index in [9.17, 15) is 9.59 Å². The highest BCUT2D eigenvalue weighted by Gasteiger charge is 2.15. The van der Waals surface area contributed by atoms with Crippen LogP contribution in [0.2, 0.25) is 0 Å². The Kier molecular flexibility index (Phi) is 3.55. The average Bonchev–Trinajstić information content (AvgIpc) is 2.39. The van der Waals surface area contributed by atoms with Crippen molar-refractivity contribution in [1.82, 2.24) is 4.98 Å². The Balaban J connectivity index is 2.70. The zero-order valence-electron chi connectivity index (χ0n) is 11.1. The summed E-state index contributed by atoms with van der Waals surface area (Å²) in [5.41, 5.74) is 1.22. The Morgan fingerprint density at radius 2 is 2.11 bits per heavy atom. The maximum Gasteiger partial charge on any atom is 0.343 e. The number of benzene rings is 1. The summed E-state index contributed by atoms with van der Waals surface area (Å²) < 4.78 is 9.99. The third-order valence-electron chi connectivity index (χ3n) is 2.89. The molecule has 5 heteroatoms. The SMILES string of the molecule is CCOC(=O)c1c[nH]c2c(C)cc(OC)cc2c1=O. The van der Waals surface area contributed by atoms with Gasteiger partial charge in [0.25, 0.3) is 0 Å². The minimum atomic E-state index is -0.619. The number of pyridine rings is 1. The van der Waals surface area contributed by atoms with E-state index in [4.69, 9.17) is 9.47 Å². The van der Waals surface area contributed by atoms with Crippen LogP contribution in [-0.4, -0.2) is 24.7 Å². The van der Waals surface area contributed by atoms with Crippen LogP contribution in [0.15, 0.2) is 23.1 Å². The highest BCUT2D eigenvalue weighted by molar-refractivity contribution is 5.94. The van der Waals surface area contributed by atoms with Crippen LogP contribution in [0, 0.1) is 6.92 Å². The molecule has 0 fully saturated rings. The minimum absolute atomic E-state index is 0.00185. The summed E-state index contributed by atoms with van der Waals surface area (Å²) in [6.45, 7) is 3.79. The Hall–Kier alpha value is -2.30. The normalized spacial score (nSPS) is 10.5. The molecule has 0 aliphatic heterocycles. The molecule has 1 aromatic heterocycles. The molecule has 100 valence electrons. The van der Waals surface area contributed by atoms with Crippen molar-refractivity contribution in [3.63, 3.8) is 0 Å². The zero-order valence-corrected chi connectivity index (χ0v) is 11.1. The molecule has 0 unspecified atom stereocenters. The molecule has 0 bridgehead atoms. The van der Waals surface area contributed by atoms with Crippen LogP contribution in [0.1, 0.15) is 22.8 Å². The van der Waals surface area contributed by atoms with Crippen LogP contribution in [0.5, 0.6) is 5.75 Å². The van der Waals surface area contributed by atoms with Gasteiger partial charge < -0.3 is 14.5 Å². The van der Waals surface area contributed by atoms with E-state index in [1.165, 1.54) is 13.3 Å². The number of aryl methyl sites for hydroxylation is 1. The monoisotopic (exact) mass is 261 g/mol. The Labute approximate surface area is 110 Å². The van der Waals surface area contributed by atoms with Crippen molar-refractivity contribution in [2.24, 2.45) is 0 Å². The van der Waals surface area contributed by atoms with E-state index in [2.05, 4.69) is 4.98 Å². The van der Waals surface area contributed by atoms with Gasteiger partial charge in [-0.2, -0.15) is 0 Å². The Morgan fingerprint density at radius 3 is 2.74 bits per heavy atom. The van der Waals surface area contributed by atoms with Crippen molar-refractivity contribution in [2.45, 2.75) is 13.8 Å². The van der Waals surface area contributed by atoms with Gasteiger partial charge in [0.2, 0.25) is 5.43 Å². The number of esters is 1. The summed E-state index contributed by atoms with van der Waals surface area (Å²) in [6, 6.07) is 3.44. The van der Waals surface area contributed by atoms with E-state index < -0.39 is 5.97 Å². The van der Waals surface area contributed by atoms with Gasteiger partial charge in [-0.3, -0.25) is 4.79 Å². The number of nitrogens with one attached hydrogen (secondary N) is 1. The average molecular weight is 261 g/mol. The van der Waals surface area contributed by atoms with Gasteiger partial charge in [-0.15, -0.1) is 0 Å². The molecule has 1 heterocycles. The molecule has 1 aromatic carbocycles. The van der Waals surface area contributed by atoms with Gasteiger partial charge in [-0.25, -0.2) is 4.79 Å². The second-order valence-corrected chi connectivity index (χ2v) is 4.12. The predicted molar refractivity (Wildman–Crippen MR) is 71.8 cm³/mol. The molecule has 0 spiro atoms. The van der Waals surface area contributed by atoms with E-state index in [1.807, 2.05) is 13.0 Å². The number of hydrogen-bond donors (Lipinski definition) is 1. The molecule has 2 aromatic rings. The van der Waals surface area contributed by atoms with Crippen molar-refractivity contribution in [2.75, 3.05) is 13.7 Å². The number of methoxy groups -OCH3 is 1. The van der Waals surface area contributed by atoms with Gasteiger partial charge in [0.05, 0.1) is 24.6 Å². The molecular weight excluding hydrogens is 246 g/mol. The molecular formula is C14H15NO4. The van der Waals surface area contributed by atoms with E-state index in [0.29, 0.717) is 16.7 Å². The number of ether oxygens (including phenoxy) is 2. The summed E-state index contributed by atoms with van der Waals surface area (Å²) in [5, 5.41) is 0.419. The molecule has 1 N–H and O–H groups in total. The molecule has 0 radical (unpaired) electrons. The minimum Gasteiger partial charge on any atom is -0.497 e. The second kappa shape index (κ2) is 5.14. The number of H-pyrrole nitrogens is 1. The van der Waals surface area contributed by atoms with Crippen molar-refractivity contribution in [3.8, 4) is 5.75 Å². The number of aromatic nitrogens is 1. The number of fused-ring (bicyclic) bond motifs is 1. The van der Waals surface area contributed by atoms with Gasteiger partial charge >= 0.3 is 5.97 Å². The van der Waals surface area contributed by atoms with Crippen molar-refractivity contribution >= 4 is 16.9 Å². The Morgan fingerprint density at radius 1 is 1.37 bits per heavy atom. The lowest BCUT2D eigenvalue weighted by Gasteiger charge is -2.07. The fourth-order valence-electron chi connectivity index (χ4n) is 1.96. The van der Waals surface area contributed by atoms with E-state index in [-0.39, 0.29) is 17.6 Å². The number of carbonyl (C=O) groups is 1. The molecule has 19 heavy (non-hydrogen) atoms. The lowest BCUT2D eigenvalue weighted by Crippen LogP contribution is -2.18. The van der Waals surface area contributed by atoms with Gasteiger partial charge in [-0.1, -0.05) is 0 Å². The summed E-state index contributed by atoms with van der Waals surface area (Å²) in [4.78, 5) is 26.9. The van der Waals surface area contributed by atoms with Crippen LogP contribution >= 0.6 is 0 Å². The van der Waals surface area contributed by atoms with E-state index in [1.54, 1.807) is 13.0 Å². The fraction of sp³-hybridized carbons (Fsp3) is 0.286. The molecule has 0 amide bonds. The van der Waals surface area contributed by atoms with Crippen molar-refractivity contribution in [3.05, 3.63) is 39.7 Å².